The zero-order chi connectivity index (χ0) is 19.5. The lowest BCUT2D eigenvalue weighted by atomic mass is 9.87. The number of sulfonamides is 1. The minimum absolute atomic E-state index is 0.0543. The molecule has 2 aromatic carbocycles. The van der Waals surface area contributed by atoms with Gasteiger partial charge in [0.05, 0.1) is 11.4 Å². The number of carbonyl (C=O) groups excluding carboxylic acids is 1. The average Bonchev–Trinajstić information content (AvgIpc) is 2.57. The molecule has 5 nitrogen and oxygen atoms in total. The lowest BCUT2D eigenvalue weighted by Crippen LogP contribution is -2.33. The summed E-state index contributed by atoms with van der Waals surface area (Å²) in [5, 5.41) is 2.74. The van der Waals surface area contributed by atoms with E-state index in [1.165, 1.54) is 0 Å². The van der Waals surface area contributed by atoms with Crippen LogP contribution in [0.2, 0.25) is 0 Å². The molecule has 140 valence electrons. The van der Waals surface area contributed by atoms with E-state index in [0.29, 0.717) is 5.69 Å². The van der Waals surface area contributed by atoms with Crippen molar-refractivity contribution in [3.05, 3.63) is 59.2 Å². The summed E-state index contributed by atoms with van der Waals surface area (Å²) < 4.78 is 27.1. The summed E-state index contributed by atoms with van der Waals surface area (Å²) in [5.74, 6) is -0.409. The van der Waals surface area contributed by atoms with Gasteiger partial charge in [0, 0.05) is 5.69 Å². The maximum absolute atomic E-state index is 12.4. The highest BCUT2D eigenvalue weighted by Gasteiger charge is 2.18. The third-order valence-corrected chi connectivity index (χ3v) is 5.75. The number of carbonyl (C=O) groups is 1. The maximum Gasteiger partial charge on any atom is 0.241 e. The molecule has 2 N–H and O–H groups in total. The van der Waals surface area contributed by atoms with Crippen molar-refractivity contribution in [1.82, 2.24) is 4.72 Å². The van der Waals surface area contributed by atoms with Crippen LogP contribution in [0.3, 0.4) is 0 Å². The first-order valence-electron chi connectivity index (χ1n) is 8.47. The SMILES string of the molecule is Cc1cccc(NC(=O)CNS(=O)(=O)c2ccc(C(C)(C)C)cc2)c1C. The average molecular weight is 375 g/mol. The highest BCUT2D eigenvalue weighted by Crippen LogP contribution is 2.23. The van der Waals surface area contributed by atoms with E-state index in [1.807, 2.05) is 26.0 Å². The molecule has 0 aliphatic carbocycles. The summed E-state index contributed by atoms with van der Waals surface area (Å²) >= 11 is 0. The molecule has 0 fully saturated rings. The molecular weight excluding hydrogens is 348 g/mol. The molecule has 6 heteroatoms. The van der Waals surface area contributed by atoms with Crippen molar-refractivity contribution < 1.29 is 13.2 Å². The van der Waals surface area contributed by atoms with Gasteiger partial charge in [0.2, 0.25) is 15.9 Å². The highest BCUT2D eigenvalue weighted by molar-refractivity contribution is 7.89. The van der Waals surface area contributed by atoms with Gasteiger partial charge in [-0.05, 0) is 54.2 Å². The van der Waals surface area contributed by atoms with Crippen molar-refractivity contribution in [3.8, 4) is 0 Å². The zero-order valence-electron chi connectivity index (χ0n) is 15.9. The molecule has 0 saturated heterocycles. The molecular formula is C20H26N2O3S. The number of amides is 1. The smallest absolute Gasteiger partial charge is 0.241 e. The summed E-state index contributed by atoms with van der Waals surface area (Å²) in [6, 6.07) is 12.3. The van der Waals surface area contributed by atoms with Crippen molar-refractivity contribution in [2.45, 2.75) is 44.9 Å². The normalized spacial score (nSPS) is 12.0. The number of rotatable bonds is 5. The summed E-state index contributed by atoms with van der Waals surface area (Å²) in [6.07, 6.45) is 0. The van der Waals surface area contributed by atoms with Gasteiger partial charge < -0.3 is 5.32 Å². The quantitative estimate of drug-likeness (QED) is 0.841. The van der Waals surface area contributed by atoms with Gasteiger partial charge in [-0.2, -0.15) is 0 Å². The van der Waals surface area contributed by atoms with Gasteiger partial charge in [-0.1, -0.05) is 45.0 Å². The van der Waals surface area contributed by atoms with E-state index < -0.39 is 15.9 Å². The molecule has 2 rings (SSSR count). The number of hydrogen-bond acceptors (Lipinski definition) is 3. The van der Waals surface area contributed by atoms with Crippen LogP contribution in [0, 0.1) is 13.8 Å². The first kappa shape index (κ1) is 20.1. The van der Waals surface area contributed by atoms with E-state index in [9.17, 15) is 13.2 Å². The molecule has 0 atom stereocenters. The minimum atomic E-state index is -3.74. The van der Waals surface area contributed by atoms with Crippen LogP contribution in [-0.4, -0.2) is 20.9 Å². The molecule has 0 radical (unpaired) electrons. The fourth-order valence-corrected chi connectivity index (χ4v) is 3.44. The Morgan fingerprint density at radius 1 is 1.00 bits per heavy atom. The van der Waals surface area contributed by atoms with Crippen LogP contribution in [0.5, 0.6) is 0 Å². The minimum Gasteiger partial charge on any atom is -0.325 e. The fraction of sp³-hybridized carbons (Fsp3) is 0.350. The number of hydrogen-bond donors (Lipinski definition) is 2. The molecule has 0 spiro atoms. The van der Waals surface area contributed by atoms with Gasteiger partial charge >= 0.3 is 0 Å². The molecule has 1 amide bonds. The molecule has 0 aliphatic rings. The number of aryl methyl sites for hydroxylation is 1. The number of benzene rings is 2. The van der Waals surface area contributed by atoms with Crippen molar-refractivity contribution >= 4 is 21.6 Å². The second kappa shape index (κ2) is 7.60. The Labute approximate surface area is 155 Å². The second-order valence-corrected chi connectivity index (χ2v) is 9.16. The second-order valence-electron chi connectivity index (χ2n) is 7.39. The monoisotopic (exact) mass is 374 g/mol. The van der Waals surface area contributed by atoms with E-state index in [4.69, 9.17) is 0 Å². The molecule has 0 saturated carbocycles. The number of anilines is 1. The van der Waals surface area contributed by atoms with E-state index in [-0.39, 0.29) is 16.9 Å². The van der Waals surface area contributed by atoms with Gasteiger partial charge in [0.15, 0.2) is 0 Å². The van der Waals surface area contributed by atoms with Crippen LogP contribution < -0.4 is 10.0 Å². The Morgan fingerprint density at radius 2 is 1.62 bits per heavy atom. The lowest BCUT2D eigenvalue weighted by molar-refractivity contribution is -0.115. The zero-order valence-corrected chi connectivity index (χ0v) is 16.7. The predicted octanol–water partition coefficient (Wildman–Crippen LogP) is 3.52. The van der Waals surface area contributed by atoms with Gasteiger partial charge in [0.25, 0.3) is 0 Å². The van der Waals surface area contributed by atoms with Crippen LogP contribution in [0.25, 0.3) is 0 Å². The van der Waals surface area contributed by atoms with Crippen LogP contribution in [-0.2, 0) is 20.2 Å². The van der Waals surface area contributed by atoms with Gasteiger partial charge in [0.1, 0.15) is 0 Å². The topological polar surface area (TPSA) is 75.3 Å². The largest absolute Gasteiger partial charge is 0.325 e. The standard InChI is InChI=1S/C20H26N2O3S/c1-14-7-6-8-18(15(14)2)22-19(23)13-21-26(24,25)17-11-9-16(10-12-17)20(3,4)5/h6-12,21H,13H2,1-5H3,(H,22,23). The van der Waals surface area contributed by atoms with Gasteiger partial charge in [-0.15, -0.1) is 0 Å². The first-order valence-corrected chi connectivity index (χ1v) is 9.95. The molecule has 26 heavy (non-hydrogen) atoms. The third-order valence-electron chi connectivity index (χ3n) is 4.33. The molecule has 0 heterocycles. The van der Waals surface area contributed by atoms with Crippen LogP contribution in [0.1, 0.15) is 37.5 Å². The summed E-state index contributed by atoms with van der Waals surface area (Å²) in [6.45, 7) is 9.72. The van der Waals surface area contributed by atoms with Crippen molar-refractivity contribution in [1.29, 1.82) is 0 Å². The Morgan fingerprint density at radius 3 is 2.19 bits per heavy atom. The Bertz CT molecular complexity index is 896. The van der Waals surface area contributed by atoms with Crippen LogP contribution in [0.15, 0.2) is 47.4 Å². The van der Waals surface area contributed by atoms with Crippen LogP contribution in [0.4, 0.5) is 5.69 Å². The molecule has 2 aromatic rings. The van der Waals surface area contributed by atoms with Crippen LogP contribution >= 0.6 is 0 Å². The van der Waals surface area contributed by atoms with Crippen molar-refractivity contribution in [3.63, 3.8) is 0 Å². The van der Waals surface area contributed by atoms with Crippen molar-refractivity contribution in [2.24, 2.45) is 0 Å². The van der Waals surface area contributed by atoms with E-state index in [2.05, 4.69) is 30.8 Å². The Balaban J connectivity index is 2.03. The predicted molar refractivity (Wildman–Crippen MR) is 105 cm³/mol. The third kappa shape index (κ3) is 4.93. The lowest BCUT2D eigenvalue weighted by Gasteiger charge is -2.19. The summed E-state index contributed by atoms with van der Waals surface area (Å²) in [4.78, 5) is 12.2. The van der Waals surface area contributed by atoms with Gasteiger partial charge in [-0.3, -0.25) is 4.79 Å². The van der Waals surface area contributed by atoms with E-state index in [1.54, 1.807) is 30.3 Å². The van der Waals surface area contributed by atoms with E-state index >= 15 is 0 Å². The van der Waals surface area contributed by atoms with E-state index in [0.717, 1.165) is 16.7 Å². The first-order chi connectivity index (χ1) is 12.0. The van der Waals surface area contributed by atoms with Gasteiger partial charge in [-0.25, -0.2) is 13.1 Å². The summed E-state index contributed by atoms with van der Waals surface area (Å²) in [5.41, 5.74) is 3.69. The fourth-order valence-electron chi connectivity index (χ4n) is 2.46. The number of nitrogens with one attached hydrogen (secondary N) is 2. The molecule has 0 unspecified atom stereocenters. The van der Waals surface area contributed by atoms with Crippen molar-refractivity contribution in [2.75, 3.05) is 11.9 Å². The summed E-state index contributed by atoms with van der Waals surface area (Å²) in [7, 11) is -3.74. The Hall–Kier alpha value is -2.18. The molecule has 0 bridgehead atoms. The maximum atomic E-state index is 12.4. The highest BCUT2D eigenvalue weighted by atomic mass is 32.2. The molecule has 0 aliphatic heterocycles. The Kier molecular flexibility index (Phi) is 5.88. The molecule has 0 aromatic heterocycles.